The minimum atomic E-state index is -1.76. The summed E-state index contributed by atoms with van der Waals surface area (Å²) < 4.78 is 4.37. The fourth-order valence-corrected chi connectivity index (χ4v) is 1.13. The Morgan fingerprint density at radius 3 is 2.71 bits per heavy atom. The van der Waals surface area contributed by atoms with Gasteiger partial charge in [-0.1, -0.05) is 11.6 Å². The second-order valence-electron chi connectivity index (χ2n) is 2.83. The van der Waals surface area contributed by atoms with Gasteiger partial charge in [-0.15, -0.1) is 0 Å². The van der Waals surface area contributed by atoms with Crippen molar-refractivity contribution in [3.8, 4) is 0 Å². The fourth-order valence-electron chi connectivity index (χ4n) is 0.962. The number of carbonyl (C=O) groups is 2. The maximum absolute atomic E-state index is 11.1. The Balaban J connectivity index is 3.12. The van der Waals surface area contributed by atoms with Crippen molar-refractivity contribution in [3.05, 3.63) is 10.7 Å². The van der Waals surface area contributed by atoms with Crippen LogP contribution in [-0.2, 0) is 9.53 Å². The molecule has 6 nitrogen and oxygen atoms in total. The number of rotatable bonds is 1. The molecule has 1 atom stereocenters. The van der Waals surface area contributed by atoms with E-state index in [1.165, 1.54) is 6.92 Å². The van der Waals surface area contributed by atoms with Gasteiger partial charge >= 0.3 is 12.0 Å². The van der Waals surface area contributed by atoms with Crippen LogP contribution in [0.2, 0.25) is 0 Å². The molecule has 0 saturated carbocycles. The summed E-state index contributed by atoms with van der Waals surface area (Å²) in [4.78, 5) is 22.1. The van der Waals surface area contributed by atoms with Crippen molar-refractivity contribution in [2.75, 3.05) is 7.11 Å². The van der Waals surface area contributed by atoms with E-state index in [1.807, 2.05) is 0 Å². The minimum Gasteiger partial charge on any atom is -0.464 e. The summed E-state index contributed by atoms with van der Waals surface area (Å²) in [6.45, 7) is 1.25. The first-order chi connectivity index (χ1) is 6.38. The number of hydrogen-bond acceptors (Lipinski definition) is 4. The second kappa shape index (κ2) is 3.47. The Bertz CT molecular complexity index is 324. The van der Waals surface area contributed by atoms with Crippen LogP contribution in [0, 0.1) is 0 Å². The fraction of sp³-hybridized carbons (Fsp3) is 0.429. The van der Waals surface area contributed by atoms with E-state index in [2.05, 4.69) is 15.4 Å². The molecule has 3 N–H and O–H groups in total. The van der Waals surface area contributed by atoms with E-state index in [9.17, 15) is 14.7 Å². The lowest BCUT2D eigenvalue weighted by Gasteiger charge is -2.30. The third-order valence-electron chi connectivity index (χ3n) is 1.63. The molecule has 0 aliphatic carbocycles. The van der Waals surface area contributed by atoms with E-state index in [-0.39, 0.29) is 10.7 Å². The van der Waals surface area contributed by atoms with Gasteiger partial charge in [0.25, 0.3) is 0 Å². The summed E-state index contributed by atoms with van der Waals surface area (Å²) in [6.07, 6.45) is 0. The first-order valence-corrected chi connectivity index (χ1v) is 4.06. The molecule has 1 unspecified atom stereocenters. The zero-order valence-electron chi connectivity index (χ0n) is 7.55. The molecule has 78 valence electrons. The molecular weight excluding hydrogens is 212 g/mol. The molecule has 0 aromatic heterocycles. The summed E-state index contributed by atoms with van der Waals surface area (Å²) in [5, 5.41) is 13.6. The van der Waals surface area contributed by atoms with Gasteiger partial charge in [-0.3, -0.25) is 0 Å². The summed E-state index contributed by atoms with van der Waals surface area (Å²) in [5.74, 6) is -0.815. The Morgan fingerprint density at radius 1 is 1.64 bits per heavy atom. The van der Waals surface area contributed by atoms with Gasteiger partial charge in [-0.05, 0) is 6.92 Å². The average molecular weight is 221 g/mol. The molecule has 14 heavy (non-hydrogen) atoms. The quantitative estimate of drug-likeness (QED) is 0.526. The number of carbonyl (C=O) groups excluding carboxylic acids is 2. The SMILES string of the molecule is COC(=O)C1=C(Cl)C(C)(O)NC(=O)N1. The number of halogens is 1. The van der Waals surface area contributed by atoms with E-state index in [1.54, 1.807) is 0 Å². The van der Waals surface area contributed by atoms with Crippen molar-refractivity contribution in [2.45, 2.75) is 12.6 Å². The molecule has 2 amide bonds. The van der Waals surface area contributed by atoms with Gasteiger partial charge in [0.15, 0.2) is 5.72 Å². The van der Waals surface area contributed by atoms with Crippen LogP contribution in [0.1, 0.15) is 6.92 Å². The van der Waals surface area contributed by atoms with Crippen molar-refractivity contribution in [3.63, 3.8) is 0 Å². The number of esters is 1. The van der Waals surface area contributed by atoms with Crippen LogP contribution in [0.3, 0.4) is 0 Å². The molecule has 0 fully saturated rings. The lowest BCUT2D eigenvalue weighted by Crippen LogP contribution is -2.56. The largest absolute Gasteiger partial charge is 0.464 e. The van der Waals surface area contributed by atoms with Gasteiger partial charge in [-0.25, -0.2) is 9.59 Å². The third kappa shape index (κ3) is 1.80. The second-order valence-corrected chi connectivity index (χ2v) is 3.21. The number of ether oxygens (including phenoxy) is 1. The van der Waals surface area contributed by atoms with Crippen LogP contribution >= 0.6 is 11.6 Å². The molecule has 1 rings (SSSR count). The first kappa shape index (κ1) is 10.8. The lowest BCUT2D eigenvalue weighted by molar-refractivity contribution is -0.136. The molecule has 0 spiro atoms. The van der Waals surface area contributed by atoms with Crippen molar-refractivity contribution in [2.24, 2.45) is 0 Å². The van der Waals surface area contributed by atoms with Gasteiger partial charge in [0.1, 0.15) is 10.7 Å². The number of nitrogens with one attached hydrogen (secondary N) is 2. The van der Waals surface area contributed by atoms with Crippen LogP contribution in [0.4, 0.5) is 4.79 Å². The Hall–Kier alpha value is -1.27. The van der Waals surface area contributed by atoms with Crippen LogP contribution in [0.25, 0.3) is 0 Å². The van der Waals surface area contributed by atoms with Crippen molar-refractivity contribution >= 4 is 23.6 Å². The van der Waals surface area contributed by atoms with Gasteiger partial charge in [0.2, 0.25) is 0 Å². The standard InChI is InChI=1S/C7H9ClN2O4/c1-7(13)4(8)3(5(11)14-2)9-6(12)10-7/h13H,1-2H3,(H2,9,10,12). The van der Waals surface area contributed by atoms with Gasteiger partial charge in [0, 0.05) is 0 Å². The maximum Gasteiger partial charge on any atom is 0.356 e. The summed E-state index contributed by atoms with van der Waals surface area (Å²) in [6, 6.07) is -0.722. The maximum atomic E-state index is 11.1. The highest BCUT2D eigenvalue weighted by atomic mass is 35.5. The molecule has 0 bridgehead atoms. The number of urea groups is 1. The number of methoxy groups -OCH3 is 1. The highest BCUT2D eigenvalue weighted by Crippen LogP contribution is 2.24. The Kier molecular flexibility index (Phi) is 2.68. The molecule has 0 radical (unpaired) electrons. The number of hydrogen-bond donors (Lipinski definition) is 3. The molecule has 1 heterocycles. The van der Waals surface area contributed by atoms with Crippen LogP contribution in [0.15, 0.2) is 10.7 Å². The molecule has 1 aliphatic heterocycles. The van der Waals surface area contributed by atoms with Crippen LogP contribution in [0.5, 0.6) is 0 Å². The normalized spacial score (nSPS) is 26.7. The summed E-state index contributed by atoms with van der Waals surface area (Å²) in [5.41, 5.74) is -2.02. The monoisotopic (exact) mass is 220 g/mol. The molecule has 7 heteroatoms. The predicted octanol–water partition coefficient (Wildman–Crippen LogP) is -0.369. The van der Waals surface area contributed by atoms with E-state index in [0.717, 1.165) is 7.11 Å². The summed E-state index contributed by atoms with van der Waals surface area (Å²) in [7, 11) is 1.14. The predicted molar refractivity (Wildman–Crippen MR) is 47.2 cm³/mol. The smallest absolute Gasteiger partial charge is 0.356 e. The molecule has 1 aliphatic rings. The van der Waals surface area contributed by atoms with Gasteiger partial charge < -0.3 is 20.5 Å². The first-order valence-electron chi connectivity index (χ1n) is 3.68. The zero-order valence-corrected chi connectivity index (χ0v) is 8.31. The Labute approximate surface area is 84.9 Å². The zero-order chi connectivity index (χ0) is 10.9. The van der Waals surface area contributed by atoms with E-state index >= 15 is 0 Å². The minimum absolute atomic E-state index is 0.219. The lowest BCUT2D eigenvalue weighted by atomic mass is 10.1. The van der Waals surface area contributed by atoms with Crippen molar-refractivity contribution < 1.29 is 19.4 Å². The highest BCUT2D eigenvalue weighted by Gasteiger charge is 2.37. The topological polar surface area (TPSA) is 87.7 Å². The van der Waals surface area contributed by atoms with Crippen molar-refractivity contribution in [1.29, 1.82) is 0 Å². The van der Waals surface area contributed by atoms with Crippen LogP contribution in [-0.4, -0.2) is 29.9 Å². The third-order valence-corrected chi connectivity index (χ3v) is 2.19. The van der Waals surface area contributed by atoms with Gasteiger partial charge in [-0.2, -0.15) is 0 Å². The Morgan fingerprint density at radius 2 is 2.21 bits per heavy atom. The van der Waals surface area contributed by atoms with Crippen molar-refractivity contribution in [1.82, 2.24) is 10.6 Å². The van der Waals surface area contributed by atoms with Crippen LogP contribution < -0.4 is 10.6 Å². The highest BCUT2D eigenvalue weighted by molar-refractivity contribution is 6.33. The number of amides is 2. The van der Waals surface area contributed by atoms with E-state index in [4.69, 9.17) is 11.6 Å². The van der Waals surface area contributed by atoms with E-state index in [0.29, 0.717) is 0 Å². The molecule has 0 aromatic rings. The average Bonchev–Trinajstić information content (AvgIpc) is 2.09. The molecule has 0 saturated heterocycles. The van der Waals surface area contributed by atoms with E-state index < -0.39 is 17.7 Å². The molecular formula is C7H9ClN2O4. The van der Waals surface area contributed by atoms with Gasteiger partial charge in [0.05, 0.1) is 7.11 Å². The molecule has 0 aromatic carbocycles. The number of aliphatic hydroxyl groups is 1. The summed E-state index contributed by atoms with van der Waals surface area (Å²) >= 11 is 5.66.